The molecule has 0 amide bonds. The highest BCUT2D eigenvalue weighted by Gasteiger charge is 2.28. The quantitative estimate of drug-likeness (QED) is 0.659. The van der Waals surface area contributed by atoms with Crippen molar-refractivity contribution in [3.63, 3.8) is 0 Å². The highest BCUT2D eigenvalue weighted by atomic mass is 16.5. The summed E-state index contributed by atoms with van der Waals surface area (Å²) in [7, 11) is 0. The van der Waals surface area contributed by atoms with Gasteiger partial charge in [0.15, 0.2) is 0 Å². The Balaban J connectivity index is 1.67. The van der Waals surface area contributed by atoms with Gasteiger partial charge >= 0.3 is 0 Å². The molecular weight excluding hydrogens is 232 g/mol. The highest BCUT2D eigenvalue weighted by molar-refractivity contribution is 4.79. The van der Waals surface area contributed by atoms with Gasteiger partial charge in [0.25, 0.3) is 0 Å². The van der Waals surface area contributed by atoms with E-state index in [2.05, 4.69) is 27.7 Å². The van der Waals surface area contributed by atoms with Crippen LogP contribution in [-0.2, 0) is 4.74 Å². The van der Waals surface area contributed by atoms with Crippen LogP contribution >= 0.6 is 0 Å². The van der Waals surface area contributed by atoms with Gasteiger partial charge in [0, 0.05) is 0 Å². The molecule has 0 bridgehead atoms. The minimum Gasteiger partial charge on any atom is -0.375 e. The first kappa shape index (κ1) is 15.4. The van der Waals surface area contributed by atoms with Crippen molar-refractivity contribution in [2.75, 3.05) is 0 Å². The van der Waals surface area contributed by atoms with Crippen LogP contribution < -0.4 is 0 Å². The molecule has 19 heavy (non-hydrogen) atoms. The average Bonchev–Trinajstić information content (AvgIpc) is 2.40. The van der Waals surface area contributed by atoms with Gasteiger partial charge in [0.1, 0.15) is 0 Å². The van der Waals surface area contributed by atoms with E-state index in [1.807, 2.05) is 0 Å². The second kappa shape index (κ2) is 7.11. The standard InChI is InChI=1S/C18H34O/c1-13(2)15-5-9-17(10-6-15)19-18-11-7-16(8-12-18)14(3)4/h13-18H,5-12H2,1-4H3. The molecule has 2 rings (SSSR count). The monoisotopic (exact) mass is 266 g/mol. The molecule has 0 aliphatic heterocycles. The Hall–Kier alpha value is -0.0400. The van der Waals surface area contributed by atoms with Crippen LogP contribution in [0.15, 0.2) is 0 Å². The lowest BCUT2D eigenvalue weighted by Gasteiger charge is -2.36. The first-order valence-corrected chi connectivity index (χ1v) is 8.71. The van der Waals surface area contributed by atoms with Crippen molar-refractivity contribution in [2.45, 2.75) is 91.3 Å². The molecule has 0 spiro atoms. The van der Waals surface area contributed by atoms with E-state index in [0.717, 1.165) is 23.7 Å². The van der Waals surface area contributed by atoms with Gasteiger partial charge in [-0.05, 0) is 75.0 Å². The minimum atomic E-state index is 0.579. The highest BCUT2D eigenvalue weighted by Crippen LogP contribution is 2.35. The van der Waals surface area contributed by atoms with Crippen LogP contribution in [-0.4, -0.2) is 12.2 Å². The van der Waals surface area contributed by atoms with E-state index < -0.39 is 0 Å². The summed E-state index contributed by atoms with van der Waals surface area (Å²) in [5.74, 6) is 3.64. The Labute approximate surface area is 120 Å². The molecule has 2 aliphatic rings. The maximum absolute atomic E-state index is 6.39. The topological polar surface area (TPSA) is 9.23 Å². The lowest BCUT2D eigenvalue weighted by atomic mass is 9.79. The molecular formula is C18H34O. The van der Waals surface area contributed by atoms with Crippen LogP contribution in [0.5, 0.6) is 0 Å². The van der Waals surface area contributed by atoms with E-state index in [4.69, 9.17) is 4.74 Å². The molecule has 1 nitrogen and oxygen atoms in total. The van der Waals surface area contributed by atoms with Gasteiger partial charge < -0.3 is 4.74 Å². The largest absolute Gasteiger partial charge is 0.375 e. The Morgan fingerprint density at radius 3 is 1.16 bits per heavy atom. The molecule has 112 valence electrons. The molecule has 2 fully saturated rings. The predicted molar refractivity (Wildman–Crippen MR) is 82.3 cm³/mol. The molecule has 0 unspecified atom stereocenters. The number of rotatable bonds is 4. The van der Waals surface area contributed by atoms with Crippen molar-refractivity contribution < 1.29 is 4.74 Å². The van der Waals surface area contributed by atoms with Crippen LogP contribution in [0.4, 0.5) is 0 Å². The molecule has 0 saturated heterocycles. The van der Waals surface area contributed by atoms with Crippen molar-refractivity contribution in [2.24, 2.45) is 23.7 Å². The van der Waals surface area contributed by atoms with Gasteiger partial charge in [0.05, 0.1) is 12.2 Å². The first-order chi connectivity index (χ1) is 9.06. The van der Waals surface area contributed by atoms with Crippen molar-refractivity contribution in [3.8, 4) is 0 Å². The first-order valence-electron chi connectivity index (χ1n) is 8.71. The molecule has 0 N–H and O–H groups in total. The fourth-order valence-electron chi connectivity index (χ4n) is 4.05. The lowest BCUT2D eigenvalue weighted by Crippen LogP contribution is -2.31. The van der Waals surface area contributed by atoms with Crippen LogP contribution in [0.1, 0.15) is 79.1 Å². The Kier molecular flexibility index (Phi) is 5.74. The Morgan fingerprint density at radius 1 is 0.579 bits per heavy atom. The van der Waals surface area contributed by atoms with E-state index in [0.29, 0.717) is 12.2 Å². The average molecular weight is 266 g/mol. The summed E-state index contributed by atoms with van der Waals surface area (Å²) in [5.41, 5.74) is 0. The minimum absolute atomic E-state index is 0.579. The third kappa shape index (κ3) is 4.48. The fourth-order valence-corrected chi connectivity index (χ4v) is 4.05. The summed E-state index contributed by atoms with van der Waals surface area (Å²) >= 11 is 0. The Bertz CT molecular complexity index is 216. The molecule has 2 saturated carbocycles. The molecule has 1 heteroatoms. The third-order valence-corrected chi connectivity index (χ3v) is 5.71. The van der Waals surface area contributed by atoms with E-state index >= 15 is 0 Å². The van der Waals surface area contributed by atoms with Crippen molar-refractivity contribution in [1.82, 2.24) is 0 Å². The zero-order valence-corrected chi connectivity index (χ0v) is 13.5. The molecule has 2 aliphatic carbocycles. The Morgan fingerprint density at radius 2 is 0.895 bits per heavy atom. The number of hydrogen-bond acceptors (Lipinski definition) is 1. The summed E-state index contributed by atoms with van der Waals surface area (Å²) in [4.78, 5) is 0. The van der Waals surface area contributed by atoms with Gasteiger partial charge in [-0.3, -0.25) is 0 Å². The molecule has 0 atom stereocenters. The van der Waals surface area contributed by atoms with Crippen LogP contribution in [0.2, 0.25) is 0 Å². The van der Waals surface area contributed by atoms with E-state index in [1.54, 1.807) is 0 Å². The third-order valence-electron chi connectivity index (χ3n) is 5.71. The van der Waals surface area contributed by atoms with Crippen molar-refractivity contribution in [3.05, 3.63) is 0 Å². The fraction of sp³-hybridized carbons (Fsp3) is 1.00. The number of hydrogen-bond donors (Lipinski definition) is 0. The van der Waals surface area contributed by atoms with Crippen LogP contribution in [0.25, 0.3) is 0 Å². The van der Waals surface area contributed by atoms with E-state index in [9.17, 15) is 0 Å². The summed E-state index contributed by atoms with van der Waals surface area (Å²) < 4.78 is 6.39. The predicted octanol–water partition coefficient (Wildman–Crippen LogP) is 5.43. The van der Waals surface area contributed by atoms with Gasteiger partial charge in [0.2, 0.25) is 0 Å². The van der Waals surface area contributed by atoms with Gasteiger partial charge in [-0.1, -0.05) is 27.7 Å². The van der Waals surface area contributed by atoms with E-state index in [1.165, 1.54) is 51.4 Å². The molecule has 0 radical (unpaired) electrons. The zero-order valence-electron chi connectivity index (χ0n) is 13.5. The maximum Gasteiger partial charge on any atom is 0.0579 e. The summed E-state index contributed by atoms with van der Waals surface area (Å²) in [5, 5.41) is 0. The summed E-state index contributed by atoms with van der Waals surface area (Å²) in [6.45, 7) is 9.50. The van der Waals surface area contributed by atoms with Gasteiger partial charge in [-0.2, -0.15) is 0 Å². The summed E-state index contributed by atoms with van der Waals surface area (Å²) in [6.07, 6.45) is 12.0. The van der Waals surface area contributed by atoms with E-state index in [-0.39, 0.29) is 0 Å². The smallest absolute Gasteiger partial charge is 0.0579 e. The van der Waals surface area contributed by atoms with Gasteiger partial charge in [-0.15, -0.1) is 0 Å². The van der Waals surface area contributed by atoms with Gasteiger partial charge in [-0.25, -0.2) is 0 Å². The number of ether oxygens (including phenoxy) is 1. The molecule has 0 aromatic carbocycles. The molecule has 0 aromatic heterocycles. The van der Waals surface area contributed by atoms with Crippen molar-refractivity contribution >= 4 is 0 Å². The normalized spacial score (nSPS) is 36.9. The van der Waals surface area contributed by atoms with Crippen LogP contribution in [0, 0.1) is 23.7 Å². The SMILES string of the molecule is CC(C)C1CCC(OC2CCC(C(C)C)CC2)CC1. The molecule has 0 heterocycles. The second-order valence-corrected chi connectivity index (χ2v) is 7.70. The molecule has 0 aromatic rings. The summed E-state index contributed by atoms with van der Waals surface area (Å²) in [6, 6.07) is 0. The van der Waals surface area contributed by atoms with Crippen LogP contribution in [0.3, 0.4) is 0 Å². The second-order valence-electron chi connectivity index (χ2n) is 7.70. The van der Waals surface area contributed by atoms with Crippen molar-refractivity contribution in [1.29, 1.82) is 0 Å². The maximum atomic E-state index is 6.39. The lowest BCUT2D eigenvalue weighted by molar-refractivity contribution is -0.0607. The zero-order chi connectivity index (χ0) is 13.8.